The van der Waals surface area contributed by atoms with Crippen LogP contribution in [0.1, 0.15) is 12.8 Å². The molecule has 1 aromatic heterocycles. The van der Waals surface area contributed by atoms with E-state index in [0.717, 1.165) is 19.4 Å². The lowest BCUT2D eigenvalue weighted by atomic mass is 10.3. The standard InChI is InChI=1S/C9H13ClN2O.ClH/c10-8-4-3-5-9(12-8)13-7-2-1-6-11;/h3-5H,1-2,6-7,11H2;1H. The van der Waals surface area contributed by atoms with Crippen molar-refractivity contribution in [1.29, 1.82) is 0 Å². The maximum atomic E-state index is 5.68. The quantitative estimate of drug-likeness (QED) is 0.482. The smallest absolute Gasteiger partial charge is 0.214 e. The Morgan fingerprint density at radius 2 is 2.14 bits per heavy atom. The highest BCUT2D eigenvalue weighted by Crippen LogP contribution is 2.11. The van der Waals surface area contributed by atoms with Crippen LogP contribution in [0.4, 0.5) is 0 Å². The molecule has 0 fully saturated rings. The molecule has 0 aliphatic heterocycles. The highest BCUT2D eigenvalue weighted by atomic mass is 35.5. The summed E-state index contributed by atoms with van der Waals surface area (Å²) in [6, 6.07) is 5.35. The van der Waals surface area contributed by atoms with Gasteiger partial charge in [-0.05, 0) is 18.9 Å². The van der Waals surface area contributed by atoms with Crippen molar-refractivity contribution in [1.82, 2.24) is 4.98 Å². The molecule has 1 heterocycles. The van der Waals surface area contributed by atoms with Gasteiger partial charge in [-0.15, -0.1) is 0 Å². The minimum Gasteiger partial charge on any atom is -1.00 e. The van der Waals surface area contributed by atoms with Crippen molar-refractivity contribution in [2.24, 2.45) is 0 Å². The third-order valence-corrected chi connectivity index (χ3v) is 1.79. The molecule has 0 unspecified atom stereocenters. The van der Waals surface area contributed by atoms with Gasteiger partial charge >= 0.3 is 0 Å². The Hall–Kier alpha value is -0.510. The molecule has 0 amide bonds. The summed E-state index contributed by atoms with van der Waals surface area (Å²) >= 11 is 5.68. The number of nitrogens with zero attached hydrogens (tertiary/aromatic N) is 1. The molecule has 0 radical (unpaired) electrons. The molecule has 5 heteroatoms. The number of unbranched alkanes of at least 4 members (excludes halogenated alkanes) is 1. The van der Waals surface area contributed by atoms with E-state index in [4.69, 9.17) is 16.3 Å². The summed E-state index contributed by atoms with van der Waals surface area (Å²) in [6.07, 6.45) is 2.10. The molecular formula is C9H14Cl2N2O. The minimum absolute atomic E-state index is 0. The lowest BCUT2D eigenvalue weighted by molar-refractivity contribution is -0.368. The molecule has 3 N–H and O–H groups in total. The zero-order valence-corrected chi connectivity index (χ0v) is 9.39. The van der Waals surface area contributed by atoms with Gasteiger partial charge in [-0.3, -0.25) is 0 Å². The normalized spacial score (nSPS) is 9.29. The van der Waals surface area contributed by atoms with Crippen molar-refractivity contribution in [3.05, 3.63) is 23.4 Å². The van der Waals surface area contributed by atoms with Crippen LogP contribution in [0.15, 0.2) is 18.2 Å². The van der Waals surface area contributed by atoms with Crippen LogP contribution in [0.5, 0.6) is 5.88 Å². The monoisotopic (exact) mass is 236 g/mol. The first kappa shape index (κ1) is 13.5. The summed E-state index contributed by atoms with van der Waals surface area (Å²) in [7, 11) is 0. The van der Waals surface area contributed by atoms with E-state index in [1.807, 2.05) is 6.07 Å². The van der Waals surface area contributed by atoms with E-state index in [1.54, 1.807) is 12.1 Å². The number of hydrogen-bond acceptors (Lipinski definition) is 2. The molecule has 80 valence electrons. The Kier molecular flexibility index (Phi) is 7.57. The Balaban J connectivity index is 0.00000169. The second-order valence-electron chi connectivity index (χ2n) is 2.71. The molecule has 1 aromatic rings. The first-order valence-electron chi connectivity index (χ1n) is 4.37. The number of pyridine rings is 1. The predicted octanol–water partition coefficient (Wildman–Crippen LogP) is -1.86. The molecule has 0 bridgehead atoms. The topological polar surface area (TPSA) is 49.8 Å². The maximum absolute atomic E-state index is 5.68. The van der Waals surface area contributed by atoms with Crippen LogP contribution in [0.25, 0.3) is 0 Å². The van der Waals surface area contributed by atoms with Gasteiger partial charge in [-0.2, -0.15) is 0 Å². The van der Waals surface area contributed by atoms with Gasteiger partial charge in [0.15, 0.2) is 0 Å². The predicted molar refractivity (Wildman–Crippen MR) is 51.7 cm³/mol. The van der Waals surface area contributed by atoms with Crippen LogP contribution in [0.3, 0.4) is 0 Å². The second-order valence-corrected chi connectivity index (χ2v) is 3.09. The molecular weight excluding hydrogens is 223 g/mol. The molecule has 0 aliphatic carbocycles. The van der Waals surface area contributed by atoms with E-state index < -0.39 is 0 Å². The van der Waals surface area contributed by atoms with E-state index in [0.29, 0.717) is 17.6 Å². The van der Waals surface area contributed by atoms with E-state index in [2.05, 4.69) is 10.7 Å². The van der Waals surface area contributed by atoms with Gasteiger partial charge in [0, 0.05) is 6.07 Å². The summed E-state index contributed by atoms with van der Waals surface area (Å²) in [5.74, 6) is 0.594. The third-order valence-electron chi connectivity index (χ3n) is 1.58. The molecule has 14 heavy (non-hydrogen) atoms. The Labute approximate surface area is 95.0 Å². The summed E-state index contributed by atoms with van der Waals surface area (Å²) < 4.78 is 5.37. The van der Waals surface area contributed by atoms with Gasteiger partial charge in [-0.1, -0.05) is 17.7 Å². The van der Waals surface area contributed by atoms with Crippen LogP contribution in [0, 0.1) is 0 Å². The number of halogens is 2. The van der Waals surface area contributed by atoms with Crippen molar-refractivity contribution in [3.8, 4) is 5.88 Å². The SMILES string of the molecule is [Cl-].[NH3+]CCCCOc1cccc(Cl)n1. The van der Waals surface area contributed by atoms with Gasteiger partial charge < -0.3 is 22.9 Å². The van der Waals surface area contributed by atoms with Gasteiger partial charge in [0.05, 0.1) is 13.2 Å². The number of quaternary nitrogens is 1. The summed E-state index contributed by atoms with van der Waals surface area (Å²) in [6.45, 7) is 1.63. The Morgan fingerprint density at radius 1 is 1.36 bits per heavy atom. The molecule has 0 saturated heterocycles. The molecule has 1 rings (SSSR count). The molecule has 0 aliphatic rings. The lowest BCUT2D eigenvalue weighted by Crippen LogP contribution is -3.00. The van der Waals surface area contributed by atoms with E-state index >= 15 is 0 Å². The summed E-state index contributed by atoms with van der Waals surface area (Å²) in [5, 5.41) is 0.467. The van der Waals surface area contributed by atoms with Gasteiger partial charge in [-0.25, -0.2) is 4.98 Å². The van der Waals surface area contributed by atoms with Crippen molar-refractivity contribution in [2.75, 3.05) is 13.2 Å². The molecule has 0 spiro atoms. The number of ether oxygens (including phenoxy) is 1. The molecule has 0 atom stereocenters. The number of rotatable bonds is 5. The van der Waals surface area contributed by atoms with Crippen LogP contribution in [-0.2, 0) is 0 Å². The van der Waals surface area contributed by atoms with Crippen LogP contribution in [0.2, 0.25) is 5.15 Å². The zero-order valence-electron chi connectivity index (χ0n) is 7.88. The van der Waals surface area contributed by atoms with Crippen LogP contribution in [-0.4, -0.2) is 18.1 Å². The zero-order chi connectivity index (χ0) is 9.52. The number of hydrogen-bond donors (Lipinski definition) is 1. The molecule has 0 aromatic carbocycles. The third kappa shape index (κ3) is 5.27. The first-order chi connectivity index (χ1) is 6.33. The maximum Gasteiger partial charge on any atom is 0.214 e. The minimum atomic E-state index is 0. The highest BCUT2D eigenvalue weighted by molar-refractivity contribution is 6.29. The van der Waals surface area contributed by atoms with Crippen LogP contribution < -0.4 is 22.9 Å². The van der Waals surface area contributed by atoms with Gasteiger partial charge in [0.25, 0.3) is 0 Å². The largest absolute Gasteiger partial charge is 1.00 e. The highest BCUT2D eigenvalue weighted by Gasteiger charge is 1.95. The Morgan fingerprint density at radius 3 is 2.79 bits per heavy atom. The summed E-state index contributed by atoms with van der Waals surface area (Å²) in [4.78, 5) is 4.00. The van der Waals surface area contributed by atoms with Crippen molar-refractivity contribution in [3.63, 3.8) is 0 Å². The first-order valence-corrected chi connectivity index (χ1v) is 4.75. The number of aromatic nitrogens is 1. The van der Waals surface area contributed by atoms with Crippen LogP contribution >= 0.6 is 11.6 Å². The molecule has 0 saturated carbocycles. The van der Waals surface area contributed by atoms with E-state index in [-0.39, 0.29) is 12.4 Å². The van der Waals surface area contributed by atoms with Gasteiger partial charge in [0.2, 0.25) is 5.88 Å². The molecule has 3 nitrogen and oxygen atoms in total. The Bertz CT molecular complexity index is 258. The average Bonchev–Trinajstić information content (AvgIpc) is 2.13. The fourth-order valence-electron chi connectivity index (χ4n) is 0.926. The lowest BCUT2D eigenvalue weighted by Gasteiger charge is -2.03. The van der Waals surface area contributed by atoms with Crippen molar-refractivity contribution < 1.29 is 22.9 Å². The average molecular weight is 237 g/mol. The fourth-order valence-corrected chi connectivity index (χ4v) is 1.08. The van der Waals surface area contributed by atoms with Gasteiger partial charge in [0.1, 0.15) is 5.15 Å². The van der Waals surface area contributed by atoms with Crippen molar-refractivity contribution in [2.45, 2.75) is 12.8 Å². The summed E-state index contributed by atoms with van der Waals surface area (Å²) in [5.41, 5.74) is 3.75. The fraction of sp³-hybridized carbons (Fsp3) is 0.444. The van der Waals surface area contributed by atoms with E-state index in [1.165, 1.54) is 0 Å². The van der Waals surface area contributed by atoms with Crippen molar-refractivity contribution >= 4 is 11.6 Å². The second kappa shape index (κ2) is 7.85. The van der Waals surface area contributed by atoms with E-state index in [9.17, 15) is 0 Å².